The fourth-order valence-electron chi connectivity index (χ4n) is 3.40. The smallest absolute Gasteiger partial charge is 0.904 e. The minimum absolute atomic E-state index is 0. The summed E-state index contributed by atoms with van der Waals surface area (Å²) in [6.45, 7) is 5.31. The Hall–Kier alpha value is -3.64. The minimum atomic E-state index is -4.33. The Labute approximate surface area is 216 Å². The van der Waals surface area contributed by atoms with Crippen molar-refractivity contribution in [2.75, 3.05) is 7.11 Å². The van der Waals surface area contributed by atoms with Crippen LogP contribution in [0.3, 0.4) is 0 Å². The van der Waals surface area contributed by atoms with E-state index in [-0.39, 0.29) is 53.8 Å². The molecule has 0 aliphatic heterocycles. The molecule has 8 nitrogen and oxygen atoms in total. The summed E-state index contributed by atoms with van der Waals surface area (Å²) < 4.78 is 34.8. The molecule has 0 saturated heterocycles. The van der Waals surface area contributed by atoms with Crippen molar-refractivity contribution in [3.05, 3.63) is 110 Å². The number of nitrogens with zero attached hydrogens (tertiary/aromatic N) is 3. The van der Waals surface area contributed by atoms with E-state index in [9.17, 15) is 18.6 Å². The van der Waals surface area contributed by atoms with Crippen LogP contribution in [0.1, 0.15) is 15.9 Å². The van der Waals surface area contributed by atoms with Crippen LogP contribution in [-0.2, 0) is 10.0 Å². The second-order valence-corrected chi connectivity index (χ2v) is 8.67. The molecule has 35 heavy (non-hydrogen) atoms. The largest absolute Gasteiger partial charge is 1.00 e. The summed E-state index contributed by atoms with van der Waals surface area (Å²) in [5.74, 6) is -0.807. The molecule has 1 heterocycles. The number of ether oxygens (including phenoxy) is 1. The predicted octanol–water partition coefficient (Wildman–Crippen LogP) is 0.955. The van der Waals surface area contributed by atoms with E-state index in [2.05, 4.69) is 9.82 Å². The third-order valence-electron chi connectivity index (χ3n) is 5.00. The van der Waals surface area contributed by atoms with Gasteiger partial charge in [-0.05, 0) is 41.8 Å². The van der Waals surface area contributed by atoms with E-state index in [1.165, 1.54) is 31.4 Å². The number of sulfonamides is 1. The van der Waals surface area contributed by atoms with E-state index in [4.69, 9.17) is 11.3 Å². The molecule has 0 saturated carbocycles. The zero-order valence-corrected chi connectivity index (χ0v) is 20.3. The van der Waals surface area contributed by atoms with Gasteiger partial charge in [-0.15, -0.1) is 5.56 Å². The van der Waals surface area contributed by atoms with E-state index in [0.717, 1.165) is 22.5 Å². The molecule has 0 unspecified atom stereocenters. The molecule has 0 bridgehead atoms. The van der Waals surface area contributed by atoms with Gasteiger partial charge in [-0.3, -0.25) is 17.4 Å². The molecule has 10 heteroatoms. The first kappa shape index (κ1) is 27.6. The van der Waals surface area contributed by atoms with Crippen molar-refractivity contribution in [3.8, 4) is 11.4 Å². The van der Waals surface area contributed by atoms with Crippen LogP contribution < -0.4 is 28.3 Å². The van der Waals surface area contributed by atoms with E-state index < -0.39 is 15.9 Å². The quantitative estimate of drug-likeness (QED) is 0.241. The van der Waals surface area contributed by atoms with E-state index in [1.807, 2.05) is 18.2 Å². The number of nitrogens with one attached hydrogen (secondary N) is 1. The number of amides is 1. The summed E-state index contributed by atoms with van der Waals surface area (Å²) in [7, 11) is -3.03. The summed E-state index contributed by atoms with van der Waals surface area (Å²) in [6.07, 6.45) is 4.41. The summed E-state index contributed by atoms with van der Waals surface area (Å²) >= 11 is 0. The number of benzene rings is 3. The van der Waals surface area contributed by atoms with Crippen molar-refractivity contribution in [2.24, 2.45) is 0 Å². The van der Waals surface area contributed by atoms with Gasteiger partial charge in [0.15, 0.2) is 0 Å². The van der Waals surface area contributed by atoms with Crippen LogP contribution in [0.5, 0.6) is 5.75 Å². The average Bonchev–Trinajstić information content (AvgIpc) is 3.37. The monoisotopic (exact) mass is 480 g/mol. The van der Waals surface area contributed by atoms with Crippen LogP contribution in [0.25, 0.3) is 21.9 Å². The Morgan fingerprint density at radius 2 is 1.86 bits per heavy atom. The molecule has 0 aliphatic rings. The number of carbonyl (C=O) groups is 1. The second kappa shape index (κ2) is 11.2. The van der Waals surface area contributed by atoms with Crippen molar-refractivity contribution in [1.82, 2.24) is 14.5 Å². The molecule has 1 amide bonds. The van der Waals surface area contributed by atoms with Gasteiger partial charge >= 0.3 is 18.9 Å². The number of methoxy groups -OCH3 is 1. The van der Waals surface area contributed by atoms with Crippen molar-refractivity contribution < 1.29 is 36.8 Å². The summed E-state index contributed by atoms with van der Waals surface area (Å²) in [5, 5.41) is 15.7. The number of allylic oxidation sites excluding steroid dienone is 1. The van der Waals surface area contributed by atoms with Crippen LogP contribution in [0.15, 0.2) is 84.0 Å². The summed E-state index contributed by atoms with van der Waals surface area (Å²) in [5.41, 5.74) is 0.820. The van der Waals surface area contributed by atoms with Gasteiger partial charge in [0.05, 0.1) is 12.8 Å². The first-order chi connectivity index (χ1) is 15.8. The summed E-state index contributed by atoms with van der Waals surface area (Å²) in [4.78, 5) is 12.5. The molecule has 3 aromatic carbocycles. The molecule has 0 aliphatic carbocycles. The van der Waals surface area contributed by atoms with Crippen LogP contribution in [-0.4, -0.2) is 36.9 Å². The Morgan fingerprint density at radius 3 is 2.51 bits per heavy atom. The van der Waals surface area contributed by atoms with Gasteiger partial charge in [0, 0.05) is 23.3 Å². The Bertz CT molecular complexity index is 1500. The first-order valence-electron chi connectivity index (χ1n) is 9.73. The zero-order chi connectivity index (χ0) is 23.6. The van der Waals surface area contributed by atoms with E-state index >= 15 is 0 Å². The molecule has 174 valence electrons. The number of fused-ring (bicyclic) bond motifs is 1. The van der Waals surface area contributed by atoms with Crippen molar-refractivity contribution in [2.45, 2.75) is 4.90 Å². The predicted molar refractivity (Wildman–Crippen MR) is 131 cm³/mol. The van der Waals surface area contributed by atoms with Gasteiger partial charge in [-0.1, -0.05) is 24.3 Å². The molecule has 0 fully saturated rings. The third-order valence-corrected chi connectivity index (χ3v) is 6.36. The Balaban J connectivity index is 0.00000216. The van der Waals surface area contributed by atoms with Crippen molar-refractivity contribution in [3.63, 3.8) is 0 Å². The fraction of sp³-hybridized carbons (Fsp3) is 0.0400. The van der Waals surface area contributed by atoms with Crippen molar-refractivity contribution in [1.29, 1.82) is 0 Å². The van der Waals surface area contributed by atoms with E-state index in [1.54, 1.807) is 35.3 Å². The maximum Gasteiger partial charge on any atom is 1.00 e. The standard InChI is InChI=1S/C24H18N4O4S.CH3.Li/c1-3-20(25)17-9-11-22(32-2)23(15-17)33(30,31)27-24(29)18-8-10-19-16(14-18)6-4-7-21(19)28-13-5-12-26-28;;/h1,3-15H,2H3,(H,27,29);1H3;/q-2;-1;+1. The number of hydrogen-bond acceptors (Lipinski definition) is 5. The van der Waals surface area contributed by atoms with Crippen LogP contribution >= 0.6 is 0 Å². The normalized spacial score (nSPS) is 10.5. The molecular formula is C25H21LiN4O4S-2. The maximum atomic E-state index is 13.0. The molecule has 0 spiro atoms. The number of hydrogen-bond donors (Lipinski definition) is 1. The first-order valence-corrected chi connectivity index (χ1v) is 11.2. The van der Waals surface area contributed by atoms with Gasteiger partial charge in [-0.2, -0.15) is 5.10 Å². The maximum absolute atomic E-state index is 13.0. The molecular weight excluding hydrogens is 459 g/mol. The number of carbonyl (C=O) groups excluding carboxylic acids is 1. The fourth-order valence-corrected chi connectivity index (χ4v) is 4.57. The molecule has 0 atom stereocenters. The SMILES string of the molecule is [CH-]=CC(=[N-])c1ccc(OC)c(S(=O)(=O)NC(=O)c2ccc3c(-n4cccn4)cccc3c2)c1.[CH3-].[Li+]. The van der Waals surface area contributed by atoms with Gasteiger partial charge < -0.3 is 23.3 Å². The molecule has 1 aromatic heterocycles. The van der Waals surface area contributed by atoms with Gasteiger partial charge in [-0.25, -0.2) is 17.8 Å². The number of aromatic nitrogens is 2. The van der Waals surface area contributed by atoms with Crippen LogP contribution in [0.4, 0.5) is 0 Å². The molecule has 0 radical (unpaired) electrons. The Morgan fingerprint density at radius 1 is 1.11 bits per heavy atom. The van der Waals surface area contributed by atoms with Gasteiger partial charge in [0.25, 0.3) is 15.9 Å². The average molecular weight is 480 g/mol. The van der Waals surface area contributed by atoms with E-state index in [0.29, 0.717) is 0 Å². The van der Waals surface area contributed by atoms with Crippen LogP contribution in [0.2, 0.25) is 0 Å². The van der Waals surface area contributed by atoms with Crippen LogP contribution in [0, 0.1) is 14.0 Å². The zero-order valence-electron chi connectivity index (χ0n) is 19.5. The third kappa shape index (κ3) is 5.54. The Kier molecular flexibility index (Phi) is 8.82. The molecule has 4 aromatic rings. The minimum Gasteiger partial charge on any atom is -0.904 e. The second-order valence-electron chi connectivity index (χ2n) is 7.02. The molecule has 1 N–H and O–H groups in total. The summed E-state index contributed by atoms with van der Waals surface area (Å²) in [6, 6.07) is 16.2. The molecule has 4 rings (SSSR count). The van der Waals surface area contributed by atoms with Gasteiger partial charge in [0.2, 0.25) is 0 Å². The van der Waals surface area contributed by atoms with Crippen molar-refractivity contribution >= 4 is 32.4 Å². The topological polar surface area (TPSA) is 113 Å². The number of rotatable bonds is 7. The van der Waals surface area contributed by atoms with Gasteiger partial charge in [0.1, 0.15) is 10.6 Å².